The van der Waals surface area contributed by atoms with Crippen molar-refractivity contribution in [2.24, 2.45) is 5.92 Å². The summed E-state index contributed by atoms with van der Waals surface area (Å²) in [7, 11) is 0. The zero-order valence-corrected chi connectivity index (χ0v) is 18.2. The molecule has 0 saturated carbocycles. The van der Waals surface area contributed by atoms with Gasteiger partial charge in [-0.05, 0) is 42.0 Å². The summed E-state index contributed by atoms with van der Waals surface area (Å²) in [5, 5.41) is 3.01. The second kappa shape index (κ2) is 12.1. The van der Waals surface area contributed by atoms with E-state index in [1.165, 1.54) is 12.1 Å². The van der Waals surface area contributed by atoms with Crippen LogP contribution in [0.3, 0.4) is 0 Å². The highest BCUT2D eigenvalue weighted by Crippen LogP contribution is 2.17. The molecule has 2 aromatic rings. The molecule has 0 aliphatic carbocycles. The van der Waals surface area contributed by atoms with Gasteiger partial charge in [-0.3, -0.25) is 9.59 Å². The monoisotopic (exact) mass is 412 g/mol. The summed E-state index contributed by atoms with van der Waals surface area (Å²) in [5.74, 6) is -0.0554. The highest BCUT2D eigenvalue weighted by molar-refractivity contribution is 5.88. The minimum Gasteiger partial charge on any atom is -0.354 e. The number of halogens is 1. The first-order valence-electron chi connectivity index (χ1n) is 10.8. The van der Waals surface area contributed by atoms with Crippen molar-refractivity contribution in [3.8, 4) is 0 Å². The molecular weight excluding hydrogens is 379 g/mol. The molecule has 162 valence electrons. The van der Waals surface area contributed by atoms with Gasteiger partial charge >= 0.3 is 0 Å². The van der Waals surface area contributed by atoms with Crippen LogP contribution in [0.15, 0.2) is 54.6 Å². The molecule has 30 heavy (non-hydrogen) atoms. The van der Waals surface area contributed by atoms with Crippen molar-refractivity contribution in [2.75, 3.05) is 6.54 Å². The van der Waals surface area contributed by atoms with Crippen LogP contribution in [0.5, 0.6) is 0 Å². The quantitative estimate of drug-likeness (QED) is 0.580. The van der Waals surface area contributed by atoms with Crippen molar-refractivity contribution in [2.45, 2.75) is 59.0 Å². The van der Waals surface area contributed by atoms with Crippen LogP contribution in [0.1, 0.15) is 51.2 Å². The first-order chi connectivity index (χ1) is 14.4. The Balaban J connectivity index is 2.29. The fraction of sp³-hybridized carbons (Fsp3) is 0.440. The van der Waals surface area contributed by atoms with Gasteiger partial charge in [-0.1, -0.05) is 63.2 Å². The number of hydrogen-bond donors (Lipinski definition) is 1. The standard InChI is InChI=1S/C25H33FN2O2/c1-4-8-24(29)28(18-21-11-13-22(26)14-12-21)23(17-20-9-6-5-7-10-20)25(30)27-16-15-19(2)3/h5-7,9-14,19,23H,4,8,15-18H2,1-3H3,(H,27,30)/t23-/m1/s1. The largest absolute Gasteiger partial charge is 0.354 e. The fourth-order valence-corrected chi connectivity index (χ4v) is 3.30. The van der Waals surface area contributed by atoms with Crippen molar-refractivity contribution in [3.63, 3.8) is 0 Å². The van der Waals surface area contributed by atoms with E-state index in [0.29, 0.717) is 31.7 Å². The third-order valence-electron chi connectivity index (χ3n) is 5.02. The summed E-state index contributed by atoms with van der Waals surface area (Å²) in [6, 6.07) is 15.2. The van der Waals surface area contributed by atoms with Gasteiger partial charge in [-0.15, -0.1) is 0 Å². The van der Waals surface area contributed by atoms with Crippen LogP contribution < -0.4 is 5.32 Å². The summed E-state index contributed by atoms with van der Waals surface area (Å²) >= 11 is 0. The second-order valence-corrected chi connectivity index (χ2v) is 8.08. The Kier molecular flexibility index (Phi) is 9.52. The van der Waals surface area contributed by atoms with Gasteiger partial charge in [0.1, 0.15) is 11.9 Å². The van der Waals surface area contributed by atoms with Crippen LogP contribution in [-0.2, 0) is 22.6 Å². The molecule has 2 rings (SSSR count). The minimum absolute atomic E-state index is 0.0678. The number of rotatable bonds is 11. The molecule has 0 unspecified atom stereocenters. The Bertz CT molecular complexity index is 791. The van der Waals surface area contributed by atoms with Gasteiger partial charge < -0.3 is 10.2 Å². The van der Waals surface area contributed by atoms with E-state index in [9.17, 15) is 14.0 Å². The first-order valence-corrected chi connectivity index (χ1v) is 10.8. The van der Waals surface area contributed by atoms with Crippen LogP contribution in [-0.4, -0.2) is 29.3 Å². The van der Waals surface area contributed by atoms with Gasteiger partial charge in [-0.2, -0.15) is 0 Å². The summed E-state index contributed by atoms with van der Waals surface area (Å²) in [5.41, 5.74) is 1.80. The molecule has 0 fully saturated rings. The van der Waals surface area contributed by atoms with Crippen LogP contribution in [0.2, 0.25) is 0 Å². The molecule has 2 aromatic carbocycles. The highest BCUT2D eigenvalue weighted by Gasteiger charge is 2.29. The molecule has 5 heteroatoms. The average Bonchev–Trinajstić information content (AvgIpc) is 2.72. The normalized spacial score (nSPS) is 11.9. The van der Waals surface area contributed by atoms with Gasteiger partial charge in [0, 0.05) is 25.9 Å². The van der Waals surface area contributed by atoms with Gasteiger partial charge in [0.2, 0.25) is 11.8 Å². The zero-order chi connectivity index (χ0) is 21.9. The lowest BCUT2D eigenvalue weighted by atomic mass is 10.0. The van der Waals surface area contributed by atoms with Crippen LogP contribution in [0.4, 0.5) is 4.39 Å². The SMILES string of the molecule is CCCC(=O)N(Cc1ccc(F)cc1)[C@H](Cc1ccccc1)C(=O)NCCC(C)C. The first kappa shape index (κ1) is 23.6. The van der Waals surface area contributed by atoms with Crippen LogP contribution >= 0.6 is 0 Å². The number of nitrogens with zero attached hydrogens (tertiary/aromatic N) is 1. The molecule has 0 radical (unpaired) electrons. The van der Waals surface area contributed by atoms with Gasteiger partial charge in [0.25, 0.3) is 0 Å². The summed E-state index contributed by atoms with van der Waals surface area (Å²) in [6.45, 7) is 7.02. The molecule has 0 saturated heterocycles. The second-order valence-electron chi connectivity index (χ2n) is 8.08. The maximum atomic E-state index is 13.3. The lowest BCUT2D eigenvalue weighted by molar-refractivity contribution is -0.141. The van der Waals surface area contributed by atoms with Crippen LogP contribution in [0, 0.1) is 11.7 Å². The Morgan fingerprint density at radius 1 is 1.00 bits per heavy atom. The van der Waals surface area contributed by atoms with Gasteiger partial charge in [0.05, 0.1) is 0 Å². The lowest BCUT2D eigenvalue weighted by Gasteiger charge is -2.31. The Labute approximate surface area is 179 Å². The van der Waals surface area contributed by atoms with Crippen molar-refractivity contribution < 1.29 is 14.0 Å². The van der Waals surface area contributed by atoms with E-state index in [-0.39, 0.29) is 24.2 Å². The van der Waals surface area contributed by atoms with Crippen LogP contribution in [0.25, 0.3) is 0 Å². The van der Waals surface area contributed by atoms with E-state index in [1.807, 2.05) is 37.3 Å². The van der Waals surface area contributed by atoms with Gasteiger partial charge in [0.15, 0.2) is 0 Å². The van der Waals surface area contributed by atoms with E-state index in [4.69, 9.17) is 0 Å². The smallest absolute Gasteiger partial charge is 0.243 e. The molecular formula is C25H33FN2O2. The third-order valence-corrected chi connectivity index (χ3v) is 5.02. The van der Waals surface area contributed by atoms with E-state index in [0.717, 1.165) is 17.5 Å². The predicted molar refractivity (Wildman–Crippen MR) is 118 cm³/mol. The Morgan fingerprint density at radius 2 is 1.67 bits per heavy atom. The molecule has 0 bridgehead atoms. The minimum atomic E-state index is -0.622. The lowest BCUT2D eigenvalue weighted by Crippen LogP contribution is -2.50. The Morgan fingerprint density at radius 3 is 2.27 bits per heavy atom. The number of nitrogens with one attached hydrogen (secondary N) is 1. The zero-order valence-electron chi connectivity index (χ0n) is 18.2. The number of amides is 2. The van der Waals surface area contributed by atoms with E-state index in [2.05, 4.69) is 19.2 Å². The van der Waals surface area contributed by atoms with Gasteiger partial charge in [-0.25, -0.2) is 4.39 Å². The number of carbonyl (C=O) groups is 2. The number of hydrogen-bond acceptors (Lipinski definition) is 2. The maximum absolute atomic E-state index is 13.3. The summed E-state index contributed by atoms with van der Waals surface area (Å²) in [4.78, 5) is 27.8. The molecule has 1 N–H and O–H groups in total. The molecule has 0 aliphatic rings. The van der Waals surface area contributed by atoms with Crippen molar-refractivity contribution in [3.05, 3.63) is 71.5 Å². The number of benzene rings is 2. The molecule has 0 aromatic heterocycles. The topological polar surface area (TPSA) is 49.4 Å². The van der Waals surface area contributed by atoms with E-state index < -0.39 is 6.04 Å². The van der Waals surface area contributed by atoms with Crippen molar-refractivity contribution in [1.29, 1.82) is 0 Å². The summed E-state index contributed by atoms with van der Waals surface area (Å²) < 4.78 is 13.3. The molecule has 2 amide bonds. The molecule has 0 heterocycles. The number of carbonyl (C=O) groups excluding carboxylic acids is 2. The van der Waals surface area contributed by atoms with Crippen molar-refractivity contribution >= 4 is 11.8 Å². The average molecular weight is 413 g/mol. The molecule has 0 spiro atoms. The van der Waals surface area contributed by atoms with E-state index >= 15 is 0 Å². The molecule has 4 nitrogen and oxygen atoms in total. The summed E-state index contributed by atoms with van der Waals surface area (Å²) in [6.07, 6.45) is 2.38. The third kappa shape index (κ3) is 7.62. The van der Waals surface area contributed by atoms with E-state index in [1.54, 1.807) is 17.0 Å². The Hall–Kier alpha value is -2.69. The fourth-order valence-electron chi connectivity index (χ4n) is 3.30. The maximum Gasteiger partial charge on any atom is 0.243 e. The highest BCUT2D eigenvalue weighted by atomic mass is 19.1. The predicted octanol–water partition coefficient (Wildman–Crippen LogP) is 4.73. The molecule has 1 atom stereocenters. The van der Waals surface area contributed by atoms with Crippen molar-refractivity contribution in [1.82, 2.24) is 10.2 Å². The molecule has 0 aliphatic heterocycles.